The second kappa shape index (κ2) is 4.28. The quantitative estimate of drug-likeness (QED) is 0.708. The summed E-state index contributed by atoms with van der Waals surface area (Å²) in [6, 6.07) is 10.4. The Morgan fingerprint density at radius 2 is 1.61 bits per heavy atom. The molecule has 0 saturated heterocycles. The average Bonchev–Trinajstić information content (AvgIpc) is 2.37. The Labute approximate surface area is 114 Å². The number of nitrogens with zero attached hydrogens (tertiary/aromatic N) is 1. The van der Waals surface area contributed by atoms with Crippen molar-refractivity contribution in [3.05, 3.63) is 34.9 Å². The third kappa shape index (κ3) is 1.84. The SMILES string of the molecule is N#CC1(c2ccc(Cl)cc2)CC2(CCCCC2)C1. The number of nitriles is 1. The van der Waals surface area contributed by atoms with Gasteiger partial charge in [-0.2, -0.15) is 5.26 Å². The van der Waals surface area contributed by atoms with E-state index in [0.717, 1.165) is 23.4 Å². The molecule has 0 aliphatic heterocycles. The Bertz CT molecular complexity index is 469. The lowest BCUT2D eigenvalue weighted by molar-refractivity contribution is 0.0169. The third-order valence-electron chi connectivity index (χ3n) is 4.88. The fourth-order valence-electron chi connectivity index (χ4n) is 4.00. The van der Waals surface area contributed by atoms with Crippen LogP contribution in [0.5, 0.6) is 0 Å². The molecule has 0 radical (unpaired) electrons. The summed E-state index contributed by atoms with van der Waals surface area (Å²) in [7, 11) is 0. The van der Waals surface area contributed by atoms with Crippen molar-refractivity contribution >= 4 is 11.6 Å². The highest BCUT2D eigenvalue weighted by molar-refractivity contribution is 6.30. The van der Waals surface area contributed by atoms with Crippen molar-refractivity contribution < 1.29 is 0 Å². The summed E-state index contributed by atoms with van der Waals surface area (Å²) in [4.78, 5) is 0. The number of hydrogen-bond acceptors (Lipinski definition) is 1. The van der Waals surface area contributed by atoms with Crippen LogP contribution in [0.15, 0.2) is 24.3 Å². The van der Waals surface area contributed by atoms with E-state index in [4.69, 9.17) is 11.6 Å². The molecule has 1 aromatic carbocycles. The van der Waals surface area contributed by atoms with E-state index in [9.17, 15) is 5.26 Å². The van der Waals surface area contributed by atoms with Crippen LogP contribution in [0.2, 0.25) is 5.02 Å². The molecule has 0 unspecified atom stereocenters. The van der Waals surface area contributed by atoms with Crippen molar-refractivity contribution in [1.82, 2.24) is 0 Å². The minimum absolute atomic E-state index is 0.234. The summed E-state index contributed by atoms with van der Waals surface area (Å²) in [5.74, 6) is 0. The minimum Gasteiger partial charge on any atom is -0.197 e. The van der Waals surface area contributed by atoms with Crippen molar-refractivity contribution in [1.29, 1.82) is 5.26 Å². The van der Waals surface area contributed by atoms with Crippen LogP contribution in [0, 0.1) is 16.7 Å². The van der Waals surface area contributed by atoms with Gasteiger partial charge in [-0.25, -0.2) is 0 Å². The van der Waals surface area contributed by atoms with Crippen molar-refractivity contribution in [2.75, 3.05) is 0 Å². The average molecular weight is 260 g/mol. The lowest BCUT2D eigenvalue weighted by Crippen LogP contribution is -2.49. The van der Waals surface area contributed by atoms with Crippen molar-refractivity contribution in [3.8, 4) is 6.07 Å². The van der Waals surface area contributed by atoms with E-state index in [0.29, 0.717) is 5.41 Å². The molecule has 2 saturated carbocycles. The number of halogens is 1. The summed E-state index contributed by atoms with van der Waals surface area (Å²) in [6.45, 7) is 0. The maximum atomic E-state index is 9.59. The molecule has 0 aromatic heterocycles. The Kier molecular flexibility index (Phi) is 2.87. The summed E-state index contributed by atoms with van der Waals surface area (Å²) >= 11 is 5.93. The van der Waals surface area contributed by atoms with Crippen LogP contribution in [0.4, 0.5) is 0 Å². The Balaban J connectivity index is 1.82. The molecule has 0 atom stereocenters. The molecule has 2 heteroatoms. The second-order valence-electron chi connectivity index (χ2n) is 6.12. The van der Waals surface area contributed by atoms with Crippen molar-refractivity contribution in [3.63, 3.8) is 0 Å². The van der Waals surface area contributed by atoms with Crippen molar-refractivity contribution in [2.45, 2.75) is 50.4 Å². The Hall–Kier alpha value is -1.00. The van der Waals surface area contributed by atoms with Crippen LogP contribution in [-0.2, 0) is 5.41 Å². The highest BCUT2D eigenvalue weighted by Crippen LogP contribution is 2.61. The molecule has 0 bridgehead atoms. The molecule has 3 rings (SSSR count). The summed E-state index contributed by atoms with van der Waals surface area (Å²) in [5.41, 5.74) is 1.40. The van der Waals surface area contributed by atoms with E-state index in [1.165, 1.54) is 32.1 Å². The third-order valence-corrected chi connectivity index (χ3v) is 5.13. The molecule has 1 spiro atoms. The second-order valence-corrected chi connectivity index (χ2v) is 6.55. The number of hydrogen-bond donors (Lipinski definition) is 0. The first-order valence-electron chi connectivity index (χ1n) is 6.86. The van der Waals surface area contributed by atoms with Gasteiger partial charge in [-0.15, -0.1) is 0 Å². The molecule has 1 nitrogen and oxygen atoms in total. The summed E-state index contributed by atoms with van der Waals surface area (Å²) < 4.78 is 0. The van der Waals surface area contributed by atoms with Crippen LogP contribution in [0.25, 0.3) is 0 Å². The highest BCUT2D eigenvalue weighted by Gasteiger charge is 2.55. The summed E-state index contributed by atoms with van der Waals surface area (Å²) in [5, 5.41) is 10.3. The zero-order valence-electron chi connectivity index (χ0n) is 10.6. The van der Waals surface area contributed by atoms with Crippen molar-refractivity contribution in [2.24, 2.45) is 5.41 Å². The largest absolute Gasteiger partial charge is 0.197 e. The number of benzene rings is 1. The van der Waals surface area contributed by atoms with Crippen LogP contribution in [0.1, 0.15) is 50.5 Å². The maximum absolute atomic E-state index is 9.59. The Morgan fingerprint density at radius 1 is 1.00 bits per heavy atom. The van der Waals surface area contributed by atoms with Crippen LogP contribution >= 0.6 is 11.6 Å². The summed E-state index contributed by atoms with van der Waals surface area (Å²) in [6.07, 6.45) is 8.83. The predicted molar refractivity (Wildman–Crippen MR) is 73.5 cm³/mol. The van der Waals surface area contributed by atoms with Gasteiger partial charge in [0.1, 0.15) is 0 Å². The predicted octanol–water partition coefficient (Wildman–Crippen LogP) is 4.85. The van der Waals surface area contributed by atoms with Gasteiger partial charge in [0.25, 0.3) is 0 Å². The van der Waals surface area contributed by atoms with Gasteiger partial charge in [0.2, 0.25) is 0 Å². The first-order valence-corrected chi connectivity index (χ1v) is 7.23. The molecular weight excluding hydrogens is 242 g/mol. The smallest absolute Gasteiger partial charge is 0.0833 e. The van der Waals surface area contributed by atoms with Crippen LogP contribution in [-0.4, -0.2) is 0 Å². The van der Waals surface area contributed by atoms with Gasteiger partial charge in [0.05, 0.1) is 11.5 Å². The van der Waals surface area contributed by atoms with Gasteiger partial charge >= 0.3 is 0 Å². The molecular formula is C16H18ClN. The molecule has 2 fully saturated rings. The van der Waals surface area contributed by atoms with Gasteiger partial charge in [-0.05, 0) is 48.8 Å². The molecule has 18 heavy (non-hydrogen) atoms. The molecule has 94 valence electrons. The Morgan fingerprint density at radius 3 is 2.17 bits per heavy atom. The van der Waals surface area contributed by atoms with Gasteiger partial charge in [0.15, 0.2) is 0 Å². The van der Waals surface area contributed by atoms with E-state index in [1.54, 1.807) is 0 Å². The minimum atomic E-state index is -0.234. The molecule has 2 aliphatic carbocycles. The molecule has 0 heterocycles. The topological polar surface area (TPSA) is 23.8 Å². The van der Waals surface area contributed by atoms with Gasteiger partial charge in [-0.3, -0.25) is 0 Å². The van der Waals surface area contributed by atoms with E-state index >= 15 is 0 Å². The molecule has 1 aromatic rings. The van der Waals surface area contributed by atoms with Gasteiger partial charge < -0.3 is 0 Å². The normalized spacial score (nSPS) is 24.2. The fraction of sp³-hybridized carbons (Fsp3) is 0.562. The molecule has 0 amide bonds. The standard InChI is InChI=1S/C16H18ClN/c17-14-6-4-13(5-7-14)16(12-18)10-15(11-16)8-2-1-3-9-15/h4-7H,1-3,8-11H2. The van der Waals surface area contributed by atoms with Gasteiger partial charge in [0, 0.05) is 5.02 Å². The first kappa shape index (κ1) is 12.1. The maximum Gasteiger partial charge on any atom is 0.0833 e. The van der Waals surface area contributed by atoms with Gasteiger partial charge in [-0.1, -0.05) is 43.0 Å². The van der Waals surface area contributed by atoms with Crippen LogP contribution < -0.4 is 0 Å². The van der Waals surface area contributed by atoms with E-state index in [-0.39, 0.29) is 5.41 Å². The van der Waals surface area contributed by atoms with E-state index in [1.807, 2.05) is 24.3 Å². The fourth-order valence-corrected chi connectivity index (χ4v) is 4.13. The van der Waals surface area contributed by atoms with E-state index in [2.05, 4.69) is 6.07 Å². The number of rotatable bonds is 1. The lowest BCUT2D eigenvalue weighted by atomic mass is 9.47. The molecule has 0 N–H and O–H groups in total. The van der Waals surface area contributed by atoms with Crippen LogP contribution in [0.3, 0.4) is 0 Å². The van der Waals surface area contributed by atoms with E-state index < -0.39 is 0 Å². The first-order chi connectivity index (χ1) is 8.68. The molecule has 2 aliphatic rings. The zero-order valence-corrected chi connectivity index (χ0v) is 11.3. The monoisotopic (exact) mass is 259 g/mol. The highest BCUT2D eigenvalue weighted by atomic mass is 35.5. The zero-order chi connectivity index (χ0) is 12.6. The lowest BCUT2D eigenvalue weighted by Gasteiger charge is -2.55.